The lowest BCUT2D eigenvalue weighted by atomic mass is 10.0. The van der Waals surface area contributed by atoms with Gasteiger partial charge in [0.25, 0.3) is 0 Å². The zero-order valence-corrected chi connectivity index (χ0v) is 19.4. The fourth-order valence-corrected chi connectivity index (χ4v) is 5.49. The van der Waals surface area contributed by atoms with Gasteiger partial charge in [0.05, 0.1) is 23.8 Å². The van der Waals surface area contributed by atoms with Gasteiger partial charge < -0.3 is 9.80 Å². The highest BCUT2D eigenvalue weighted by Crippen LogP contribution is 2.39. The Morgan fingerprint density at radius 3 is 2.65 bits per heavy atom. The summed E-state index contributed by atoms with van der Waals surface area (Å²) in [7, 11) is 2.18. The zero-order chi connectivity index (χ0) is 23.1. The lowest BCUT2D eigenvalue weighted by molar-refractivity contribution is 0.212. The number of hydrogen-bond donors (Lipinski definition) is 0. The molecular formula is C27H29FN6. The first-order valence-electron chi connectivity index (χ1n) is 12.2. The Hall–Kier alpha value is -3.32. The highest BCUT2D eigenvalue weighted by atomic mass is 19.1. The normalized spacial score (nSPS) is 19.8. The molecule has 1 atom stereocenters. The molecule has 1 unspecified atom stereocenters. The Morgan fingerprint density at radius 2 is 1.79 bits per heavy atom. The van der Waals surface area contributed by atoms with E-state index < -0.39 is 0 Å². The van der Waals surface area contributed by atoms with Crippen molar-refractivity contribution in [3.8, 4) is 11.1 Å². The molecule has 2 saturated heterocycles. The Balaban J connectivity index is 1.31. The SMILES string of the molecule is CN1CCC(n2cc(-c3ccc4c(N5CCCC5c5ccccc5F)ncnc4c3)cn2)CC1. The monoisotopic (exact) mass is 456 g/mol. The van der Waals surface area contributed by atoms with Crippen LogP contribution in [-0.2, 0) is 0 Å². The van der Waals surface area contributed by atoms with Crippen LogP contribution in [0.2, 0.25) is 0 Å². The largest absolute Gasteiger partial charge is 0.349 e. The fraction of sp³-hybridized carbons (Fsp3) is 0.370. The van der Waals surface area contributed by atoms with Crippen LogP contribution < -0.4 is 4.90 Å². The maximum atomic E-state index is 14.6. The molecule has 34 heavy (non-hydrogen) atoms. The summed E-state index contributed by atoms with van der Waals surface area (Å²) in [6.45, 7) is 3.08. The lowest BCUT2D eigenvalue weighted by Crippen LogP contribution is -2.31. The zero-order valence-electron chi connectivity index (χ0n) is 19.4. The molecule has 0 N–H and O–H groups in total. The quantitative estimate of drug-likeness (QED) is 0.420. The molecule has 0 aliphatic carbocycles. The molecule has 0 amide bonds. The number of aromatic nitrogens is 4. The molecule has 174 valence electrons. The van der Waals surface area contributed by atoms with Crippen molar-refractivity contribution in [2.24, 2.45) is 0 Å². The highest BCUT2D eigenvalue weighted by Gasteiger charge is 2.30. The second-order valence-corrected chi connectivity index (χ2v) is 9.55. The number of likely N-dealkylation sites (tertiary alicyclic amines) is 1. The minimum Gasteiger partial charge on any atom is -0.349 e. The van der Waals surface area contributed by atoms with Crippen LogP contribution in [0, 0.1) is 5.82 Å². The van der Waals surface area contributed by atoms with Crippen molar-refractivity contribution in [1.29, 1.82) is 0 Å². The van der Waals surface area contributed by atoms with Gasteiger partial charge in [0.2, 0.25) is 0 Å². The maximum Gasteiger partial charge on any atom is 0.140 e. The van der Waals surface area contributed by atoms with E-state index >= 15 is 0 Å². The third kappa shape index (κ3) is 3.84. The Labute approximate surface area is 199 Å². The molecule has 2 aromatic heterocycles. The molecule has 2 aromatic carbocycles. The van der Waals surface area contributed by atoms with Gasteiger partial charge in [-0.3, -0.25) is 4.68 Å². The van der Waals surface area contributed by atoms with Crippen LogP contribution >= 0.6 is 0 Å². The first-order chi connectivity index (χ1) is 16.7. The number of anilines is 1. The third-order valence-electron chi connectivity index (χ3n) is 7.40. The van der Waals surface area contributed by atoms with Gasteiger partial charge in [-0.25, -0.2) is 14.4 Å². The van der Waals surface area contributed by atoms with E-state index in [1.165, 1.54) is 0 Å². The van der Waals surface area contributed by atoms with E-state index in [1.807, 2.05) is 18.3 Å². The van der Waals surface area contributed by atoms with E-state index in [9.17, 15) is 4.39 Å². The second-order valence-electron chi connectivity index (χ2n) is 9.55. The predicted molar refractivity (Wildman–Crippen MR) is 132 cm³/mol. The van der Waals surface area contributed by atoms with Crippen LogP contribution in [0.25, 0.3) is 22.0 Å². The van der Waals surface area contributed by atoms with Crippen molar-refractivity contribution >= 4 is 16.7 Å². The van der Waals surface area contributed by atoms with E-state index in [2.05, 4.69) is 61.0 Å². The van der Waals surface area contributed by atoms with Crippen molar-refractivity contribution in [1.82, 2.24) is 24.6 Å². The molecule has 6 rings (SSSR count). The lowest BCUT2D eigenvalue weighted by Gasteiger charge is -2.28. The molecule has 0 bridgehead atoms. The number of fused-ring (bicyclic) bond motifs is 1. The molecule has 0 saturated carbocycles. The molecule has 2 fully saturated rings. The third-order valence-corrected chi connectivity index (χ3v) is 7.40. The van der Waals surface area contributed by atoms with Gasteiger partial charge in [0, 0.05) is 29.3 Å². The van der Waals surface area contributed by atoms with Gasteiger partial charge in [0.15, 0.2) is 0 Å². The number of piperidine rings is 1. The summed E-state index contributed by atoms with van der Waals surface area (Å²) in [6.07, 6.45) is 9.93. The fourth-order valence-electron chi connectivity index (χ4n) is 5.49. The number of halogens is 1. The molecular weight excluding hydrogens is 427 g/mol. The highest BCUT2D eigenvalue weighted by molar-refractivity contribution is 5.92. The van der Waals surface area contributed by atoms with E-state index in [4.69, 9.17) is 0 Å². The van der Waals surface area contributed by atoms with Crippen molar-refractivity contribution < 1.29 is 4.39 Å². The van der Waals surface area contributed by atoms with E-state index in [0.717, 1.165) is 78.7 Å². The van der Waals surface area contributed by atoms with Crippen LogP contribution in [0.1, 0.15) is 43.3 Å². The topological polar surface area (TPSA) is 50.1 Å². The molecule has 7 heteroatoms. The van der Waals surface area contributed by atoms with Gasteiger partial charge >= 0.3 is 0 Å². The molecule has 4 aromatic rings. The standard InChI is InChI=1S/C27H29FN6/c1-32-13-10-21(11-14-32)34-17-20(16-31-34)19-8-9-23-25(15-19)29-18-30-27(23)33-12-4-7-26(33)22-5-2-3-6-24(22)28/h2-3,5-6,8-9,15-18,21,26H,4,7,10-14H2,1H3. The smallest absolute Gasteiger partial charge is 0.140 e. The Kier molecular flexibility index (Phi) is 5.49. The van der Waals surface area contributed by atoms with E-state index in [1.54, 1.807) is 18.5 Å². The molecule has 2 aliphatic rings. The summed E-state index contributed by atoms with van der Waals surface area (Å²) >= 11 is 0. The van der Waals surface area contributed by atoms with Crippen LogP contribution in [0.5, 0.6) is 0 Å². The second kappa shape index (κ2) is 8.80. The van der Waals surface area contributed by atoms with Gasteiger partial charge in [-0.05, 0) is 69.6 Å². The first kappa shape index (κ1) is 21.2. The van der Waals surface area contributed by atoms with E-state index in [0.29, 0.717) is 6.04 Å². The van der Waals surface area contributed by atoms with Crippen LogP contribution in [0.3, 0.4) is 0 Å². The minimum atomic E-state index is -0.151. The summed E-state index contributed by atoms with van der Waals surface area (Å²) < 4.78 is 16.7. The Morgan fingerprint density at radius 1 is 0.941 bits per heavy atom. The van der Waals surface area contributed by atoms with Crippen LogP contribution in [0.15, 0.2) is 61.2 Å². The van der Waals surface area contributed by atoms with Crippen molar-refractivity contribution in [2.75, 3.05) is 31.6 Å². The number of nitrogens with zero attached hydrogens (tertiary/aromatic N) is 6. The summed E-state index contributed by atoms with van der Waals surface area (Å²) in [6, 6.07) is 13.9. The maximum absolute atomic E-state index is 14.6. The van der Waals surface area contributed by atoms with Crippen molar-refractivity contribution in [3.63, 3.8) is 0 Å². The summed E-state index contributed by atoms with van der Waals surface area (Å²) in [5.41, 5.74) is 3.84. The van der Waals surface area contributed by atoms with Gasteiger partial charge in [-0.2, -0.15) is 5.10 Å². The molecule has 2 aliphatic heterocycles. The Bertz CT molecular complexity index is 1310. The molecule has 0 radical (unpaired) electrons. The van der Waals surface area contributed by atoms with Gasteiger partial charge in [0.1, 0.15) is 18.0 Å². The van der Waals surface area contributed by atoms with Crippen molar-refractivity contribution in [3.05, 3.63) is 72.6 Å². The first-order valence-corrected chi connectivity index (χ1v) is 12.2. The minimum absolute atomic E-state index is 0.00764. The average molecular weight is 457 g/mol. The summed E-state index contributed by atoms with van der Waals surface area (Å²) in [4.78, 5) is 13.8. The predicted octanol–water partition coefficient (Wildman–Crippen LogP) is 5.24. The summed E-state index contributed by atoms with van der Waals surface area (Å²) in [5, 5.41) is 5.67. The van der Waals surface area contributed by atoms with E-state index in [-0.39, 0.29) is 11.9 Å². The average Bonchev–Trinajstić information content (AvgIpc) is 3.55. The molecule has 0 spiro atoms. The molecule has 4 heterocycles. The number of hydrogen-bond acceptors (Lipinski definition) is 5. The van der Waals surface area contributed by atoms with Crippen LogP contribution in [0.4, 0.5) is 10.2 Å². The van der Waals surface area contributed by atoms with Gasteiger partial charge in [-0.15, -0.1) is 0 Å². The number of rotatable bonds is 4. The number of benzene rings is 2. The molecule has 6 nitrogen and oxygen atoms in total. The van der Waals surface area contributed by atoms with Gasteiger partial charge in [-0.1, -0.05) is 24.3 Å². The van der Waals surface area contributed by atoms with Crippen molar-refractivity contribution in [2.45, 2.75) is 37.8 Å². The van der Waals surface area contributed by atoms with Crippen LogP contribution in [-0.4, -0.2) is 51.3 Å². The summed E-state index contributed by atoms with van der Waals surface area (Å²) in [5.74, 6) is 0.728.